The first kappa shape index (κ1) is 28.9. The molecule has 0 unspecified atom stereocenters. The smallest absolute Gasteiger partial charge is 0.248 e. The summed E-state index contributed by atoms with van der Waals surface area (Å²) in [5.74, 6) is -0.303. The summed E-state index contributed by atoms with van der Waals surface area (Å²) in [5, 5.41) is 9.84. The fraction of sp³-hybridized carbons (Fsp3) is 0.379. The van der Waals surface area contributed by atoms with Crippen LogP contribution >= 0.6 is 11.6 Å². The number of aryl methyl sites for hydroxylation is 2. The first-order valence-corrected chi connectivity index (χ1v) is 13.0. The Morgan fingerprint density at radius 1 is 1.05 bits per heavy atom. The Labute approximate surface area is 228 Å². The fourth-order valence-corrected chi connectivity index (χ4v) is 4.21. The molecule has 1 heterocycles. The molecule has 0 fully saturated rings. The van der Waals surface area contributed by atoms with E-state index in [4.69, 9.17) is 16.1 Å². The SMILES string of the molecule is CCC(C)(C)NC(=O)[C@@H](c1ccccc1Cl)N(C(=O)CCC(=O)Nc1cc(C)on1)c1cccc(C)c1C. The monoisotopic (exact) mass is 538 g/mol. The summed E-state index contributed by atoms with van der Waals surface area (Å²) in [6, 6.07) is 13.1. The topological polar surface area (TPSA) is 105 Å². The molecule has 9 heteroatoms. The highest BCUT2D eigenvalue weighted by atomic mass is 35.5. The molecule has 1 aromatic heterocycles. The largest absolute Gasteiger partial charge is 0.360 e. The number of benzene rings is 2. The van der Waals surface area contributed by atoms with Gasteiger partial charge in [0.05, 0.1) is 0 Å². The van der Waals surface area contributed by atoms with Crippen LogP contribution in [0.15, 0.2) is 53.1 Å². The van der Waals surface area contributed by atoms with Crippen molar-refractivity contribution in [2.75, 3.05) is 10.2 Å². The van der Waals surface area contributed by atoms with Crippen LogP contribution in [0.1, 0.15) is 68.5 Å². The Hall–Kier alpha value is -3.65. The molecule has 0 aliphatic carbocycles. The van der Waals surface area contributed by atoms with E-state index in [1.807, 2.05) is 46.8 Å². The second kappa shape index (κ2) is 12.3. The Morgan fingerprint density at radius 3 is 2.39 bits per heavy atom. The lowest BCUT2D eigenvalue weighted by Gasteiger charge is -2.36. The van der Waals surface area contributed by atoms with E-state index in [-0.39, 0.29) is 30.5 Å². The summed E-state index contributed by atoms with van der Waals surface area (Å²) in [7, 11) is 0. The molecule has 2 N–H and O–H groups in total. The lowest BCUT2D eigenvalue weighted by atomic mass is 9.96. The number of aromatic nitrogens is 1. The van der Waals surface area contributed by atoms with Crippen molar-refractivity contribution in [2.24, 2.45) is 0 Å². The lowest BCUT2D eigenvalue weighted by Crippen LogP contribution is -2.50. The third-order valence-electron chi connectivity index (χ3n) is 6.62. The highest BCUT2D eigenvalue weighted by molar-refractivity contribution is 6.31. The van der Waals surface area contributed by atoms with Crippen LogP contribution in [-0.4, -0.2) is 28.4 Å². The molecule has 202 valence electrons. The molecule has 0 spiro atoms. The molecule has 3 amide bonds. The van der Waals surface area contributed by atoms with Gasteiger partial charge >= 0.3 is 0 Å². The van der Waals surface area contributed by atoms with Crippen molar-refractivity contribution in [3.05, 3.63) is 76.0 Å². The summed E-state index contributed by atoms with van der Waals surface area (Å²) in [6.45, 7) is 11.4. The van der Waals surface area contributed by atoms with Crippen LogP contribution in [0, 0.1) is 20.8 Å². The van der Waals surface area contributed by atoms with Crippen molar-refractivity contribution in [3.63, 3.8) is 0 Å². The minimum Gasteiger partial charge on any atom is -0.360 e. The van der Waals surface area contributed by atoms with E-state index in [1.165, 1.54) is 4.90 Å². The maximum absolute atomic E-state index is 13.9. The molecule has 1 atom stereocenters. The average molecular weight is 539 g/mol. The molecular formula is C29H35ClN4O4. The van der Waals surface area contributed by atoms with Gasteiger partial charge in [0.25, 0.3) is 0 Å². The second-order valence-corrected chi connectivity index (χ2v) is 10.4. The second-order valence-electron chi connectivity index (χ2n) is 10.0. The zero-order valence-corrected chi connectivity index (χ0v) is 23.5. The summed E-state index contributed by atoms with van der Waals surface area (Å²) in [6.07, 6.45) is 0.442. The standard InChI is InChI=1S/C29H35ClN4O4/c1-7-29(5,6)32-28(37)27(21-12-8-9-13-22(21)30)34(23-14-10-11-18(2)20(23)4)26(36)16-15-25(35)31-24-17-19(3)38-33-24/h8-14,17,27H,7,15-16H2,1-6H3,(H,32,37)(H,31,33,35)/t27-/m1/s1. The predicted molar refractivity (Wildman–Crippen MR) is 149 cm³/mol. The maximum atomic E-state index is 13.9. The number of rotatable bonds is 10. The van der Waals surface area contributed by atoms with Crippen LogP contribution in [0.25, 0.3) is 0 Å². The van der Waals surface area contributed by atoms with Crippen LogP contribution < -0.4 is 15.5 Å². The fourth-order valence-electron chi connectivity index (χ4n) is 3.97. The highest BCUT2D eigenvalue weighted by Crippen LogP contribution is 2.35. The molecular weight excluding hydrogens is 504 g/mol. The molecule has 3 aromatic rings. The van der Waals surface area contributed by atoms with Crippen LogP contribution in [0.2, 0.25) is 5.02 Å². The molecule has 3 rings (SSSR count). The number of anilines is 2. The number of hydrogen-bond donors (Lipinski definition) is 2. The third-order valence-corrected chi connectivity index (χ3v) is 6.96. The molecule has 0 radical (unpaired) electrons. The van der Waals surface area contributed by atoms with Gasteiger partial charge in [-0.1, -0.05) is 54.0 Å². The Morgan fingerprint density at radius 2 is 1.76 bits per heavy atom. The highest BCUT2D eigenvalue weighted by Gasteiger charge is 2.36. The van der Waals surface area contributed by atoms with Gasteiger partial charge in [-0.3, -0.25) is 19.3 Å². The first-order valence-electron chi connectivity index (χ1n) is 12.6. The summed E-state index contributed by atoms with van der Waals surface area (Å²) in [5.41, 5.74) is 2.38. The van der Waals surface area contributed by atoms with Crippen LogP contribution in [0.4, 0.5) is 11.5 Å². The molecule has 0 saturated carbocycles. The summed E-state index contributed by atoms with van der Waals surface area (Å²) >= 11 is 6.60. The number of hydrogen-bond acceptors (Lipinski definition) is 5. The molecule has 0 saturated heterocycles. The number of carbonyl (C=O) groups excluding carboxylic acids is 3. The van der Waals surface area contributed by atoms with Gasteiger partial charge in [0.1, 0.15) is 11.8 Å². The van der Waals surface area contributed by atoms with Crippen molar-refractivity contribution in [1.82, 2.24) is 10.5 Å². The molecule has 8 nitrogen and oxygen atoms in total. The molecule has 0 aliphatic rings. The lowest BCUT2D eigenvalue weighted by molar-refractivity contribution is -0.128. The molecule has 2 aromatic carbocycles. The quantitative estimate of drug-likeness (QED) is 0.327. The number of amides is 3. The van der Waals surface area contributed by atoms with Crippen molar-refractivity contribution in [2.45, 2.75) is 72.4 Å². The van der Waals surface area contributed by atoms with Gasteiger partial charge in [-0.25, -0.2) is 0 Å². The Kier molecular flexibility index (Phi) is 9.33. The van der Waals surface area contributed by atoms with E-state index in [1.54, 1.807) is 43.3 Å². The molecule has 38 heavy (non-hydrogen) atoms. The van der Waals surface area contributed by atoms with Gasteiger partial charge in [0, 0.05) is 40.7 Å². The Bertz CT molecular complexity index is 1320. The zero-order chi connectivity index (χ0) is 28.0. The van der Waals surface area contributed by atoms with Crippen molar-refractivity contribution in [3.8, 4) is 0 Å². The normalized spacial score (nSPS) is 12.1. The average Bonchev–Trinajstić information content (AvgIpc) is 3.27. The summed E-state index contributed by atoms with van der Waals surface area (Å²) in [4.78, 5) is 41.9. The van der Waals surface area contributed by atoms with E-state index >= 15 is 0 Å². The van der Waals surface area contributed by atoms with Gasteiger partial charge in [0.15, 0.2) is 5.82 Å². The van der Waals surface area contributed by atoms with Gasteiger partial charge in [-0.15, -0.1) is 0 Å². The van der Waals surface area contributed by atoms with Gasteiger partial charge < -0.3 is 15.2 Å². The third kappa shape index (κ3) is 7.01. The van der Waals surface area contributed by atoms with E-state index in [2.05, 4.69) is 15.8 Å². The van der Waals surface area contributed by atoms with E-state index < -0.39 is 17.5 Å². The number of halogens is 1. The molecule has 0 aliphatic heterocycles. The number of nitrogens with one attached hydrogen (secondary N) is 2. The summed E-state index contributed by atoms with van der Waals surface area (Å²) < 4.78 is 4.98. The van der Waals surface area contributed by atoms with Crippen LogP contribution in [-0.2, 0) is 14.4 Å². The minimum absolute atomic E-state index is 0.108. The van der Waals surface area contributed by atoms with Gasteiger partial charge in [-0.05, 0) is 64.3 Å². The molecule has 0 bridgehead atoms. The predicted octanol–water partition coefficient (Wildman–Crippen LogP) is 6.05. The van der Waals surface area contributed by atoms with Gasteiger partial charge in [-0.2, -0.15) is 0 Å². The van der Waals surface area contributed by atoms with Crippen molar-refractivity contribution < 1.29 is 18.9 Å². The van der Waals surface area contributed by atoms with Crippen molar-refractivity contribution in [1.29, 1.82) is 0 Å². The van der Waals surface area contributed by atoms with Crippen LogP contribution in [0.5, 0.6) is 0 Å². The van der Waals surface area contributed by atoms with Crippen LogP contribution in [0.3, 0.4) is 0 Å². The van der Waals surface area contributed by atoms with E-state index in [9.17, 15) is 14.4 Å². The maximum Gasteiger partial charge on any atom is 0.248 e. The first-order chi connectivity index (χ1) is 17.9. The van der Waals surface area contributed by atoms with Gasteiger partial charge in [0.2, 0.25) is 17.7 Å². The zero-order valence-electron chi connectivity index (χ0n) is 22.7. The Balaban J connectivity index is 2.03. The number of carbonyl (C=O) groups is 3. The number of nitrogens with zero attached hydrogens (tertiary/aromatic N) is 2. The minimum atomic E-state index is -1.05. The van der Waals surface area contributed by atoms with Crippen molar-refractivity contribution >= 4 is 40.8 Å². The van der Waals surface area contributed by atoms with E-state index in [0.29, 0.717) is 28.5 Å². The van der Waals surface area contributed by atoms with E-state index in [0.717, 1.165) is 11.1 Å².